The molecular weight excluding hydrogens is 665 g/mol. The Morgan fingerprint density at radius 3 is 2.02 bits per heavy atom. The highest BCUT2D eigenvalue weighted by Crippen LogP contribution is 2.45. The molecule has 13 nitrogen and oxygen atoms in total. The van der Waals surface area contributed by atoms with Crippen LogP contribution in [0.4, 0.5) is 5.69 Å². The molecule has 0 unspecified atom stereocenters. The maximum absolute atomic E-state index is 12.6. The molecule has 0 spiro atoms. The standard InChI is InChI=1S/C33H30N2O11S2/c1-32(2)12-17(14-47(40,41)42)20-8-23-27(10-25(20)34-32)46-28-11-26-21(18(15-48(43,44)45)13-33(3,4)35-26)9-24(28)29(23)19-6-5-16(30(36)37)7-22(19)31(38)39/h5-13,34H,14-15H2,1-4H3,(H,36,37)(H,38,39)(H,40,41,42)(H,43,44,45). The predicted octanol–water partition coefficient (Wildman–Crippen LogP) is 3.59. The minimum Gasteiger partial charge on any atom is -0.478 e. The average Bonchev–Trinajstić information content (AvgIpc) is 2.91. The first-order valence-corrected chi connectivity index (χ1v) is 17.7. The Morgan fingerprint density at radius 1 is 0.771 bits per heavy atom. The number of ether oxygens (including phenoxy) is 1. The van der Waals surface area contributed by atoms with Gasteiger partial charge >= 0.3 is 11.9 Å². The molecule has 3 aliphatic heterocycles. The van der Waals surface area contributed by atoms with Crippen molar-refractivity contribution in [3.63, 3.8) is 0 Å². The van der Waals surface area contributed by atoms with E-state index in [1.807, 2.05) is 13.8 Å². The zero-order chi connectivity index (χ0) is 35.1. The van der Waals surface area contributed by atoms with Crippen LogP contribution in [0.1, 0.15) is 70.7 Å². The number of fused-ring (bicyclic) bond motifs is 4. The van der Waals surface area contributed by atoms with Crippen LogP contribution < -0.4 is 20.6 Å². The average molecular weight is 695 g/mol. The van der Waals surface area contributed by atoms with Gasteiger partial charge in [0, 0.05) is 45.3 Å². The highest BCUT2D eigenvalue weighted by Gasteiger charge is 2.33. The van der Waals surface area contributed by atoms with Gasteiger partial charge in [-0.2, -0.15) is 16.8 Å². The fourth-order valence-corrected chi connectivity index (χ4v) is 7.69. The molecule has 3 aromatic rings. The molecule has 15 heteroatoms. The van der Waals surface area contributed by atoms with Crippen molar-refractivity contribution >= 4 is 54.6 Å². The van der Waals surface area contributed by atoms with Crippen LogP contribution in [0.2, 0.25) is 0 Å². The summed E-state index contributed by atoms with van der Waals surface area (Å²) in [7, 11) is -8.97. The number of carboxylic acids is 2. The first-order chi connectivity index (χ1) is 22.1. The van der Waals surface area contributed by atoms with Crippen LogP contribution in [0.3, 0.4) is 0 Å². The van der Waals surface area contributed by atoms with Crippen molar-refractivity contribution in [2.45, 2.75) is 38.8 Å². The van der Waals surface area contributed by atoms with Crippen molar-refractivity contribution in [1.82, 2.24) is 0 Å². The summed E-state index contributed by atoms with van der Waals surface area (Å²) >= 11 is 0. The summed E-state index contributed by atoms with van der Waals surface area (Å²) in [6.45, 7) is 7.13. The molecule has 0 atom stereocenters. The van der Waals surface area contributed by atoms with Crippen molar-refractivity contribution < 1.29 is 50.5 Å². The number of anilines is 1. The van der Waals surface area contributed by atoms with Gasteiger partial charge in [-0.1, -0.05) is 18.2 Å². The van der Waals surface area contributed by atoms with Gasteiger partial charge < -0.3 is 20.3 Å². The van der Waals surface area contributed by atoms with Crippen molar-refractivity contribution in [3.8, 4) is 11.5 Å². The van der Waals surface area contributed by atoms with Crippen molar-refractivity contribution in [2.75, 3.05) is 16.8 Å². The van der Waals surface area contributed by atoms with Crippen molar-refractivity contribution in [1.29, 1.82) is 0 Å². The second kappa shape index (κ2) is 10.8. The molecule has 0 radical (unpaired) electrons. The summed E-state index contributed by atoms with van der Waals surface area (Å²) in [6.07, 6.45) is 3.26. The lowest BCUT2D eigenvalue weighted by Gasteiger charge is -2.34. The molecular formula is C33H30N2O11S2. The molecule has 0 bridgehead atoms. The Kier molecular flexibility index (Phi) is 7.48. The minimum atomic E-state index is -4.49. The predicted molar refractivity (Wildman–Crippen MR) is 176 cm³/mol. The third-order valence-corrected chi connectivity index (χ3v) is 9.39. The number of nitrogens with zero attached hydrogens (tertiary/aromatic N) is 1. The van der Waals surface area contributed by atoms with Gasteiger partial charge in [0.05, 0.1) is 27.6 Å². The second-order valence-corrected chi connectivity index (χ2v) is 15.9. The van der Waals surface area contributed by atoms with E-state index in [0.717, 1.165) is 6.07 Å². The van der Waals surface area contributed by atoms with E-state index in [0.29, 0.717) is 33.0 Å². The molecule has 48 heavy (non-hydrogen) atoms. The molecule has 250 valence electrons. The number of rotatable bonds is 7. The Morgan fingerprint density at radius 2 is 1.42 bits per heavy atom. The Labute approximate surface area is 275 Å². The smallest absolute Gasteiger partial charge is 0.336 e. The van der Waals surface area contributed by atoms with E-state index >= 15 is 0 Å². The zero-order valence-corrected chi connectivity index (χ0v) is 27.7. The maximum atomic E-state index is 12.6. The van der Waals surface area contributed by atoms with E-state index in [2.05, 4.69) is 5.32 Å². The topological polar surface area (TPSA) is 217 Å². The van der Waals surface area contributed by atoms with Crippen LogP contribution >= 0.6 is 0 Å². The van der Waals surface area contributed by atoms with E-state index in [9.17, 15) is 45.7 Å². The summed E-state index contributed by atoms with van der Waals surface area (Å²) in [5.41, 5.74) is 0.164. The molecule has 3 aromatic carbocycles. The number of hydrogen-bond donors (Lipinski definition) is 5. The Bertz CT molecular complexity index is 2410. The summed E-state index contributed by atoms with van der Waals surface area (Å²) in [5, 5.41) is 23.8. The van der Waals surface area contributed by atoms with E-state index < -0.39 is 54.8 Å². The van der Waals surface area contributed by atoms with E-state index in [4.69, 9.17) is 9.73 Å². The van der Waals surface area contributed by atoms with Gasteiger partial charge in [-0.05, 0) is 68.7 Å². The molecule has 0 saturated heterocycles. The van der Waals surface area contributed by atoms with Crippen LogP contribution in [0, 0.1) is 0 Å². The van der Waals surface area contributed by atoms with E-state index in [-0.39, 0.29) is 44.9 Å². The Hall–Kier alpha value is -4.83. The number of carboxylic acid groups (broad SMARTS) is 2. The second-order valence-electron chi connectivity index (χ2n) is 13.0. The number of aromatic carboxylic acids is 2. The monoisotopic (exact) mass is 694 g/mol. The third kappa shape index (κ3) is 6.36. The van der Waals surface area contributed by atoms with E-state index in [1.165, 1.54) is 12.1 Å². The van der Waals surface area contributed by atoms with Crippen LogP contribution in [0.15, 0.2) is 59.6 Å². The quantitative estimate of drug-likeness (QED) is 0.175. The minimum absolute atomic E-state index is 0.0935. The van der Waals surface area contributed by atoms with Crippen molar-refractivity contribution in [2.24, 2.45) is 4.99 Å². The maximum Gasteiger partial charge on any atom is 0.336 e. The number of nitrogens with one attached hydrogen (secondary N) is 1. The third-order valence-electron chi connectivity index (χ3n) is 8.04. The molecule has 0 saturated carbocycles. The number of benzene rings is 3. The highest BCUT2D eigenvalue weighted by molar-refractivity contribution is 7.86. The molecule has 5 N–H and O–H groups in total. The van der Waals surface area contributed by atoms with Gasteiger partial charge in [-0.3, -0.25) is 14.1 Å². The van der Waals surface area contributed by atoms with Gasteiger partial charge in [0.15, 0.2) is 0 Å². The fourth-order valence-electron chi connectivity index (χ4n) is 6.43. The van der Waals surface area contributed by atoms with Crippen LogP contribution in [0.5, 0.6) is 11.5 Å². The summed E-state index contributed by atoms with van der Waals surface area (Å²) in [4.78, 5) is 29.1. The molecule has 3 aliphatic rings. The normalized spacial score (nSPS) is 17.2. The molecule has 0 aromatic heterocycles. The van der Waals surface area contributed by atoms with Gasteiger partial charge in [0.2, 0.25) is 0 Å². The van der Waals surface area contributed by atoms with Crippen LogP contribution in [0.25, 0.3) is 16.7 Å². The van der Waals surface area contributed by atoms with Crippen molar-refractivity contribution in [3.05, 3.63) is 98.6 Å². The SMILES string of the molecule is CC1(C)C=C(CS(=O)(=O)O)c2cc3c(cc2=N1)Oc1cc2c(cc1C=3c1ccc(C(=O)O)cc1C(=O)O)C(CS(=O)(=O)O)=CC(C)(C)N2. The molecule has 6 rings (SSSR count). The Balaban J connectivity index is 1.75. The van der Waals surface area contributed by atoms with Gasteiger partial charge in [0.25, 0.3) is 20.2 Å². The fraction of sp³-hybridized carbons (Fsp3) is 0.242. The van der Waals surface area contributed by atoms with E-state index in [1.54, 1.807) is 50.3 Å². The first-order valence-electron chi connectivity index (χ1n) is 14.5. The molecule has 0 aliphatic carbocycles. The van der Waals surface area contributed by atoms with Crippen LogP contribution in [-0.2, 0) is 20.2 Å². The zero-order valence-electron chi connectivity index (χ0n) is 26.0. The summed E-state index contributed by atoms with van der Waals surface area (Å²) < 4.78 is 74.1. The summed E-state index contributed by atoms with van der Waals surface area (Å²) in [5.74, 6) is -3.73. The lowest BCUT2D eigenvalue weighted by atomic mass is 9.84. The van der Waals surface area contributed by atoms with Crippen LogP contribution in [-0.4, -0.2) is 70.7 Å². The molecule has 3 heterocycles. The summed E-state index contributed by atoms with van der Waals surface area (Å²) in [6, 6.07) is 10.00. The highest BCUT2D eigenvalue weighted by atomic mass is 32.2. The lowest BCUT2D eigenvalue weighted by molar-refractivity contribution is 0.0695. The number of hydrogen-bond acceptors (Lipinski definition) is 9. The molecule has 0 fully saturated rings. The first kappa shape index (κ1) is 33.1. The molecule has 0 amide bonds. The largest absolute Gasteiger partial charge is 0.478 e. The van der Waals surface area contributed by atoms with Gasteiger partial charge in [0.1, 0.15) is 23.0 Å². The van der Waals surface area contributed by atoms with Gasteiger partial charge in [-0.15, -0.1) is 0 Å². The number of carbonyl (C=O) groups is 2. The lowest BCUT2D eigenvalue weighted by Crippen LogP contribution is -2.33. The van der Waals surface area contributed by atoms with Gasteiger partial charge in [-0.25, -0.2) is 9.59 Å².